The molecule has 0 aromatic heterocycles. The van der Waals surface area contributed by atoms with E-state index in [0.29, 0.717) is 22.7 Å². The summed E-state index contributed by atoms with van der Waals surface area (Å²) in [5.41, 5.74) is 4.71. The average molecular weight is 662 g/mol. The maximum Gasteiger partial charge on any atom is 0.0445 e. The van der Waals surface area contributed by atoms with Crippen molar-refractivity contribution >= 4 is 8.07 Å². The number of fused-ring (bicyclic) bond motifs is 3. The first-order valence-electron chi connectivity index (χ1n) is 21.3. The summed E-state index contributed by atoms with van der Waals surface area (Å²) in [7, 11) is 1.55. The van der Waals surface area contributed by atoms with E-state index in [1.54, 1.807) is 11.1 Å². The lowest BCUT2D eigenvalue weighted by molar-refractivity contribution is -0.224. The van der Waals surface area contributed by atoms with Crippen LogP contribution in [0.3, 0.4) is 0 Å². The van der Waals surface area contributed by atoms with Crippen LogP contribution in [0.25, 0.3) is 0 Å². The van der Waals surface area contributed by atoms with E-state index >= 15 is 0 Å². The Labute approximate surface area is 295 Å². The molecule has 0 N–H and O–H groups in total. The van der Waals surface area contributed by atoms with E-state index in [2.05, 4.69) is 92.2 Å². The Kier molecular flexibility index (Phi) is 10.3. The molecule has 0 amide bonds. The van der Waals surface area contributed by atoms with Crippen LogP contribution in [0.15, 0.2) is 23.3 Å². The van der Waals surface area contributed by atoms with Crippen LogP contribution in [-0.2, 0) is 0 Å². The summed E-state index contributed by atoms with van der Waals surface area (Å²) in [6, 6.07) is 1.52. The van der Waals surface area contributed by atoms with Gasteiger partial charge < -0.3 is 0 Å². The molecule has 0 radical (unpaired) electrons. The summed E-state index contributed by atoms with van der Waals surface area (Å²) in [5.74, 6) is 6.11. The fraction of sp³-hybridized carbons (Fsp3) is 0.911. The van der Waals surface area contributed by atoms with Crippen LogP contribution in [0, 0.1) is 58.2 Å². The van der Waals surface area contributed by atoms with Crippen LogP contribution >= 0.6 is 0 Å². The molecule has 6 aliphatic carbocycles. The second kappa shape index (κ2) is 13.3. The molecule has 2 heteroatoms. The van der Waals surface area contributed by atoms with Gasteiger partial charge in [-0.25, -0.2) is 0 Å². The molecule has 1 nitrogen and oxygen atoms in total. The van der Waals surface area contributed by atoms with E-state index in [9.17, 15) is 0 Å². The van der Waals surface area contributed by atoms with E-state index in [1.165, 1.54) is 115 Å². The Balaban J connectivity index is 1.56. The zero-order valence-corrected chi connectivity index (χ0v) is 34.4. The molecular formula is C45H79NSi. The van der Waals surface area contributed by atoms with Crippen molar-refractivity contribution in [2.75, 3.05) is 7.05 Å². The van der Waals surface area contributed by atoms with E-state index in [0.717, 1.165) is 35.5 Å². The molecule has 0 aliphatic heterocycles. The number of rotatable bonds is 5. The summed E-state index contributed by atoms with van der Waals surface area (Å²) in [6.07, 6.45) is 30.2. The van der Waals surface area contributed by atoms with Gasteiger partial charge in [0.2, 0.25) is 0 Å². The zero-order valence-electron chi connectivity index (χ0n) is 33.4. The van der Waals surface area contributed by atoms with E-state index in [-0.39, 0.29) is 11.1 Å². The molecule has 47 heavy (non-hydrogen) atoms. The van der Waals surface area contributed by atoms with Gasteiger partial charge in [0, 0.05) is 19.2 Å². The van der Waals surface area contributed by atoms with Gasteiger partial charge >= 0.3 is 0 Å². The van der Waals surface area contributed by atoms with Gasteiger partial charge in [-0.2, -0.15) is 0 Å². The molecular weight excluding hydrogens is 583 g/mol. The van der Waals surface area contributed by atoms with Gasteiger partial charge in [-0.3, -0.25) is 4.90 Å². The summed E-state index contributed by atoms with van der Waals surface area (Å²) in [6.45, 7) is 27.3. The maximum atomic E-state index is 3.32. The van der Waals surface area contributed by atoms with Crippen molar-refractivity contribution < 1.29 is 0 Å². The van der Waals surface area contributed by atoms with Crippen LogP contribution < -0.4 is 0 Å². The first kappa shape index (κ1) is 36.4. The number of nitrogens with zero attached hydrogens (tertiary/aromatic N) is 1. The van der Waals surface area contributed by atoms with E-state index in [4.69, 9.17) is 0 Å². The second-order valence-electron chi connectivity index (χ2n) is 20.8. The third-order valence-corrected chi connectivity index (χ3v) is 19.4. The third-order valence-electron chi connectivity index (χ3n) is 17.6. The second-order valence-corrected chi connectivity index (χ2v) is 26.3. The highest BCUT2D eigenvalue weighted by Gasteiger charge is 2.69. The van der Waals surface area contributed by atoms with Gasteiger partial charge in [-0.15, -0.1) is 0 Å². The average Bonchev–Trinajstić information content (AvgIpc) is 3.59. The minimum Gasteiger partial charge on any atom is -0.294 e. The summed E-state index contributed by atoms with van der Waals surface area (Å²) < 4.78 is 0. The monoisotopic (exact) mass is 662 g/mol. The van der Waals surface area contributed by atoms with Crippen molar-refractivity contribution in [1.29, 1.82) is 0 Å². The van der Waals surface area contributed by atoms with Gasteiger partial charge in [0.25, 0.3) is 0 Å². The Hall–Kier alpha value is -0.343. The number of hydrogen-bond acceptors (Lipinski definition) is 1. The highest BCUT2D eigenvalue weighted by Crippen LogP contribution is 2.70. The Morgan fingerprint density at radius 3 is 1.74 bits per heavy atom. The lowest BCUT2D eigenvalue weighted by Gasteiger charge is -2.72. The molecule has 0 heterocycles. The molecule has 1 spiro atoms. The predicted octanol–water partition coefficient (Wildman–Crippen LogP) is 13.3. The lowest BCUT2D eigenvalue weighted by atomic mass is 9.43. The van der Waals surface area contributed by atoms with E-state index < -0.39 is 8.07 Å². The molecule has 0 saturated heterocycles. The molecule has 9 atom stereocenters. The molecule has 0 bridgehead atoms. The third kappa shape index (κ3) is 5.78. The molecule has 0 aromatic carbocycles. The number of hydrogen-bond donors (Lipinski definition) is 0. The van der Waals surface area contributed by atoms with Crippen LogP contribution in [0.4, 0.5) is 0 Å². The molecule has 6 rings (SSSR count). The molecule has 0 aromatic rings. The van der Waals surface area contributed by atoms with Crippen molar-refractivity contribution in [2.24, 2.45) is 58.2 Å². The predicted molar refractivity (Wildman–Crippen MR) is 209 cm³/mol. The molecule has 268 valence electrons. The van der Waals surface area contributed by atoms with Crippen molar-refractivity contribution in [2.45, 2.75) is 194 Å². The molecule has 6 aliphatic rings. The fourth-order valence-electron chi connectivity index (χ4n) is 14.9. The minimum absolute atomic E-state index is 0.208. The smallest absolute Gasteiger partial charge is 0.0445 e. The number of allylic oxidation sites excluding steroid dienone is 4. The van der Waals surface area contributed by atoms with Gasteiger partial charge in [0.05, 0.1) is 0 Å². The molecule has 5 saturated carbocycles. The lowest BCUT2D eigenvalue weighted by Crippen LogP contribution is -2.77. The highest BCUT2D eigenvalue weighted by molar-refractivity contribution is 6.76. The fourth-order valence-corrected chi connectivity index (χ4v) is 16.9. The van der Waals surface area contributed by atoms with Gasteiger partial charge in [-0.1, -0.05) is 137 Å². The first-order valence-corrected chi connectivity index (χ1v) is 25.0. The van der Waals surface area contributed by atoms with E-state index in [1.807, 2.05) is 0 Å². The summed E-state index contributed by atoms with van der Waals surface area (Å²) in [5, 5.41) is 0. The topological polar surface area (TPSA) is 3.24 Å². The van der Waals surface area contributed by atoms with Crippen molar-refractivity contribution in [3.63, 3.8) is 0 Å². The van der Waals surface area contributed by atoms with Crippen LogP contribution in [0.5, 0.6) is 0 Å². The van der Waals surface area contributed by atoms with Crippen LogP contribution in [0.2, 0.25) is 25.7 Å². The summed E-state index contributed by atoms with van der Waals surface area (Å²) >= 11 is 0. The first-order chi connectivity index (χ1) is 22.1. The Morgan fingerprint density at radius 1 is 0.660 bits per heavy atom. The zero-order chi connectivity index (χ0) is 34.0. The quantitative estimate of drug-likeness (QED) is 0.265. The summed E-state index contributed by atoms with van der Waals surface area (Å²) in [4.78, 5) is 3.32. The van der Waals surface area contributed by atoms with Crippen LogP contribution in [0.1, 0.15) is 158 Å². The van der Waals surface area contributed by atoms with Crippen molar-refractivity contribution in [3.05, 3.63) is 23.3 Å². The highest BCUT2D eigenvalue weighted by atomic mass is 28.3. The molecule has 5 fully saturated rings. The normalized spacial score (nSPS) is 46.1. The van der Waals surface area contributed by atoms with Crippen molar-refractivity contribution in [1.82, 2.24) is 4.90 Å². The van der Waals surface area contributed by atoms with Crippen molar-refractivity contribution in [3.8, 4) is 0 Å². The maximum absolute atomic E-state index is 3.32. The van der Waals surface area contributed by atoms with Gasteiger partial charge in [0.1, 0.15) is 0 Å². The largest absolute Gasteiger partial charge is 0.294 e. The standard InChI is InChI=1S/C45H79NSi/c1-32-33(2)35(4)45(36(5)34(32)3,42(6)24-17-13-12-14-18-25-42)46(8)43(7)26-19-15-16-20-27-44(43)30-39(31-47(9,10)11)40-28-37-22-21-23-38(37)29-41(40)44/h28-29,32-36,39-41H,12-27,30-31H2,1-11H3. The minimum atomic E-state index is -1.22. The Bertz CT molecular complexity index is 1150. The van der Waals surface area contributed by atoms with Gasteiger partial charge in [-0.05, 0) is 135 Å². The SMILES string of the molecule is CC1C(C)C(C)C(N(C)C2(C)CCCCCCC23CC(C[Si](C)(C)C)C2C=C4CCCC4=CC23)(C2(C)CCCCCCC2)C(C)C1C. The molecule has 9 unspecified atom stereocenters. The van der Waals surface area contributed by atoms with Gasteiger partial charge in [0.15, 0.2) is 0 Å². The Morgan fingerprint density at radius 2 is 1.17 bits per heavy atom. The van der Waals surface area contributed by atoms with Crippen LogP contribution in [-0.4, -0.2) is 31.1 Å².